The Morgan fingerprint density at radius 2 is 1.11 bits per heavy atom. The van der Waals surface area contributed by atoms with Crippen molar-refractivity contribution in [1.82, 2.24) is 10.9 Å². The molecule has 0 aromatic heterocycles. The summed E-state index contributed by atoms with van der Waals surface area (Å²) in [6, 6.07) is 11.0. The number of benzene rings is 3. The van der Waals surface area contributed by atoms with E-state index in [-0.39, 0.29) is 5.56 Å². The van der Waals surface area contributed by atoms with E-state index in [9.17, 15) is 55.4 Å². The van der Waals surface area contributed by atoms with E-state index in [1.54, 1.807) is 24.5 Å². The van der Waals surface area contributed by atoms with Crippen molar-refractivity contribution in [1.29, 1.82) is 0 Å². The highest BCUT2D eigenvalue weighted by Crippen LogP contribution is 2.31. The Morgan fingerprint density at radius 3 is 1.55 bits per heavy atom. The first-order valence-electron chi connectivity index (χ1n) is 12.1. The molecule has 0 saturated heterocycles. The molecule has 0 unspecified atom stereocenters. The summed E-state index contributed by atoms with van der Waals surface area (Å²) in [5.41, 5.74) is 0.258. The third-order valence-electron chi connectivity index (χ3n) is 5.71. The number of esters is 2. The van der Waals surface area contributed by atoms with Crippen LogP contribution in [-0.4, -0.2) is 47.0 Å². The van der Waals surface area contributed by atoms with Gasteiger partial charge in [-0.2, -0.15) is 26.3 Å². The summed E-state index contributed by atoms with van der Waals surface area (Å²) in [5, 5.41) is 9.72. The summed E-state index contributed by atoms with van der Waals surface area (Å²) in [5.74, 6) is -8.08. The number of ether oxygens (including phenoxy) is 2. The Hall–Kier alpha value is -5.41. The Bertz CT molecular complexity index is 1570. The van der Waals surface area contributed by atoms with E-state index in [1.807, 2.05) is 5.43 Å². The topological polar surface area (TPSA) is 148 Å². The SMILES string of the molecule is Cc1ccc(C(=O)NNC(=O)[C@@H](OC(=O)c2cccc(C(F)(F)F)c2)[C@H](OC(=O)c2cccc(C(F)(F)F)c2)C(=O)O)cc1. The zero-order valence-electron chi connectivity index (χ0n) is 22.2. The molecule has 3 rings (SSSR count). The number of alkyl halides is 6. The number of carbonyl (C=O) groups is 5. The number of hydrogen-bond donors (Lipinski definition) is 3. The number of aryl methyl sites for hydroxylation is 1. The quantitative estimate of drug-likeness (QED) is 0.190. The monoisotopic (exact) mass is 626 g/mol. The van der Waals surface area contributed by atoms with Gasteiger partial charge in [0.15, 0.2) is 0 Å². The fourth-order valence-electron chi connectivity index (χ4n) is 3.47. The van der Waals surface area contributed by atoms with Gasteiger partial charge in [-0.15, -0.1) is 0 Å². The van der Waals surface area contributed by atoms with E-state index in [2.05, 4.69) is 0 Å². The number of rotatable bonds is 8. The zero-order valence-corrected chi connectivity index (χ0v) is 22.2. The van der Waals surface area contributed by atoms with Gasteiger partial charge in [0.2, 0.25) is 12.2 Å². The van der Waals surface area contributed by atoms with E-state index in [1.165, 1.54) is 12.1 Å². The fraction of sp³-hybridized carbons (Fsp3) is 0.179. The van der Waals surface area contributed by atoms with Crippen LogP contribution in [0.2, 0.25) is 0 Å². The molecule has 3 N–H and O–H groups in total. The first-order valence-corrected chi connectivity index (χ1v) is 12.1. The van der Waals surface area contributed by atoms with Crippen molar-refractivity contribution in [2.24, 2.45) is 0 Å². The summed E-state index contributed by atoms with van der Waals surface area (Å²) in [6.07, 6.45) is -15.2. The molecule has 0 spiro atoms. The number of carboxylic acids is 1. The lowest BCUT2D eigenvalue weighted by Gasteiger charge is -2.24. The number of amides is 2. The zero-order chi connectivity index (χ0) is 32.8. The van der Waals surface area contributed by atoms with E-state index < -0.39 is 76.5 Å². The maximum absolute atomic E-state index is 13.1. The molecule has 0 heterocycles. The average Bonchev–Trinajstić information content (AvgIpc) is 2.96. The number of halogens is 6. The van der Waals surface area contributed by atoms with Crippen LogP contribution in [0.5, 0.6) is 0 Å². The van der Waals surface area contributed by atoms with Gasteiger partial charge in [-0.05, 0) is 55.5 Å². The Morgan fingerprint density at radius 1 is 0.659 bits per heavy atom. The Balaban J connectivity index is 1.92. The van der Waals surface area contributed by atoms with Gasteiger partial charge in [0, 0.05) is 5.56 Å². The molecule has 232 valence electrons. The van der Waals surface area contributed by atoms with Crippen molar-refractivity contribution < 1.29 is 64.9 Å². The number of carbonyl (C=O) groups excluding carboxylic acids is 4. The van der Waals surface area contributed by atoms with Crippen LogP contribution in [0, 0.1) is 6.92 Å². The molecule has 0 fully saturated rings. The molecular formula is C28H20F6N2O8. The molecule has 3 aromatic carbocycles. The van der Waals surface area contributed by atoms with Gasteiger partial charge < -0.3 is 14.6 Å². The normalized spacial score (nSPS) is 12.8. The second-order valence-electron chi connectivity index (χ2n) is 8.96. The highest BCUT2D eigenvalue weighted by atomic mass is 19.4. The van der Waals surface area contributed by atoms with Crippen molar-refractivity contribution in [3.63, 3.8) is 0 Å². The van der Waals surface area contributed by atoms with Crippen molar-refractivity contribution in [2.75, 3.05) is 0 Å². The summed E-state index contributed by atoms with van der Waals surface area (Å²) >= 11 is 0. The summed E-state index contributed by atoms with van der Waals surface area (Å²) in [4.78, 5) is 62.8. The van der Waals surface area contributed by atoms with Crippen LogP contribution in [0.25, 0.3) is 0 Å². The highest BCUT2D eigenvalue weighted by Gasteiger charge is 2.42. The van der Waals surface area contributed by atoms with E-state index in [0.717, 1.165) is 29.8 Å². The molecule has 0 aliphatic carbocycles. The molecule has 0 radical (unpaired) electrons. The number of nitrogens with one attached hydrogen (secondary N) is 2. The molecule has 0 bridgehead atoms. The van der Waals surface area contributed by atoms with Crippen molar-refractivity contribution in [3.8, 4) is 0 Å². The minimum atomic E-state index is -4.91. The summed E-state index contributed by atoms with van der Waals surface area (Å²) in [7, 11) is 0. The summed E-state index contributed by atoms with van der Waals surface area (Å²) in [6.45, 7) is 1.72. The number of hydrazine groups is 1. The summed E-state index contributed by atoms with van der Waals surface area (Å²) < 4.78 is 88.3. The van der Waals surface area contributed by atoms with Gasteiger partial charge in [-0.25, -0.2) is 14.4 Å². The van der Waals surface area contributed by atoms with E-state index >= 15 is 0 Å². The molecule has 44 heavy (non-hydrogen) atoms. The van der Waals surface area contributed by atoms with Crippen LogP contribution in [0.1, 0.15) is 47.8 Å². The Labute approximate surface area is 243 Å². The predicted molar refractivity (Wildman–Crippen MR) is 136 cm³/mol. The van der Waals surface area contributed by atoms with Crippen molar-refractivity contribution in [2.45, 2.75) is 31.5 Å². The molecule has 2 atom stereocenters. The first kappa shape index (κ1) is 33.1. The average molecular weight is 626 g/mol. The molecule has 0 aliphatic heterocycles. The Kier molecular flexibility index (Phi) is 9.98. The van der Waals surface area contributed by atoms with Crippen molar-refractivity contribution >= 4 is 29.7 Å². The largest absolute Gasteiger partial charge is 0.478 e. The van der Waals surface area contributed by atoms with Gasteiger partial charge >= 0.3 is 30.3 Å². The van der Waals surface area contributed by atoms with Crippen LogP contribution in [0.3, 0.4) is 0 Å². The molecule has 16 heteroatoms. The standard InChI is InChI=1S/C28H20F6N2O8/c1-14-8-10-15(11-9-14)22(37)35-36-23(38)20(43-25(41)16-4-2-6-18(12-16)27(29,30)31)21(24(39)40)44-26(42)17-5-3-7-19(13-17)28(32,33)34/h2-13,20-21H,1H3,(H,35,37)(H,36,38)(H,39,40)/t20-,21-/m0/s1. The molecule has 10 nitrogen and oxygen atoms in total. The highest BCUT2D eigenvalue weighted by molar-refractivity contribution is 5.99. The third-order valence-corrected chi connectivity index (χ3v) is 5.71. The lowest BCUT2D eigenvalue weighted by atomic mass is 10.1. The predicted octanol–water partition coefficient (Wildman–Crippen LogP) is 4.33. The lowest BCUT2D eigenvalue weighted by Crippen LogP contribution is -2.54. The van der Waals surface area contributed by atoms with Crippen LogP contribution in [-0.2, 0) is 31.4 Å². The number of aliphatic carboxylic acids is 1. The minimum absolute atomic E-state index is 0.0131. The fourth-order valence-corrected chi connectivity index (χ4v) is 3.47. The smallest absolute Gasteiger partial charge is 0.416 e. The van der Waals surface area contributed by atoms with Crippen LogP contribution >= 0.6 is 0 Å². The van der Waals surface area contributed by atoms with Crippen LogP contribution in [0.15, 0.2) is 72.8 Å². The van der Waals surface area contributed by atoms with Gasteiger partial charge in [-0.3, -0.25) is 20.4 Å². The number of hydrogen-bond acceptors (Lipinski definition) is 7. The molecule has 3 aromatic rings. The van der Waals surface area contributed by atoms with Crippen LogP contribution < -0.4 is 10.9 Å². The van der Waals surface area contributed by atoms with Crippen molar-refractivity contribution in [3.05, 3.63) is 106 Å². The van der Waals surface area contributed by atoms with Crippen LogP contribution in [0.4, 0.5) is 26.3 Å². The molecule has 0 saturated carbocycles. The molecule has 2 amide bonds. The van der Waals surface area contributed by atoms with Gasteiger partial charge in [0.1, 0.15) is 0 Å². The maximum atomic E-state index is 13.1. The van der Waals surface area contributed by atoms with E-state index in [0.29, 0.717) is 24.3 Å². The number of carboxylic acid groups (broad SMARTS) is 1. The lowest BCUT2D eigenvalue weighted by molar-refractivity contribution is -0.159. The minimum Gasteiger partial charge on any atom is -0.478 e. The molecular weight excluding hydrogens is 606 g/mol. The van der Waals surface area contributed by atoms with E-state index in [4.69, 9.17) is 9.47 Å². The second-order valence-corrected chi connectivity index (χ2v) is 8.96. The first-order chi connectivity index (χ1) is 20.5. The molecule has 0 aliphatic rings. The van der Waals surface area contributed by atoms with Gasteiger partial charge in [0.25, 0.3) is 11.8 Å². The van der Waals surface area contributed by atoms with Gasteiger partial charge in [0.05, 0.1) is 22.3 Å². The maximum Gasteiger partial charge on any atom is 0.416 e. The second kappa shape index (κ2) is 13.3. The van der Waals surface area contributed by atoms with Gasteiger partial charge in [-0.1, -0.05) is 29.8 Å². The third kappa shape index (κ3) is 8.56.